The molecule has 3 nitrogen and oxygen atoms in total. The monoisotopic (exact) mass is 131 g/mol. The molecule has 0 fully saturated rings. The molecule has 0 spiro atoms. The molecule has 1 atom stereocenters. The molecule has 1 aliphatic rings. The minimum absolute atomic E-state index is 0.175. The third-order valence-electron chi connectivity index (χ3n) is 0.737. The average Bonchev–Trinajstić information content (AvgIpc) is 1.64. The van der Waals surface area contributed by atoms with Crippen LogP contribution in [0.2, 0.25) is 0 Å². The van der Waals surface area contributed by atoms with Gasteiger partial charge >= 0.3 is 0 Å². The van der Waals surface area contributed by atoms with Gasteiger partial charge in [-0.25, -0.2) is 4.21 Å². The standard InChI is InChI=1S/C4H5NO2S/c6-4-2-1-3-8(7)5-4/h1,3H,2H2,(H,5,6). The van der Waals surface area contributed by atoms with E-state index in [4.69, 9.17) is 0 Å². The van der Waals surface area contributed by atoms with Crippen LogP contribution >= 0.6 is 0 Å². The van der Waals surface area contributed by atoms with Crippen LogP contribution < -0.4 is 4.72 Å². The summed E-state index contributed by atoms with van der Waals surface area (Å²) in [6.07, 6.45) is 1.95. The van der Waals surface area contributed by atoms with E-state index >= 15 is 0 Å². The second-order valence-corrected chi connectivity index (χ2v) is 2.47. The molecule has 1 rings (SSSR count). The molecule has 0 saturated carbocycles. The average molecular weight is 131 g/mol. The van der Waals surface area contributed by atoms with Gasteiger partial charge in [-0.2, -0.15) is 0 Å². The molecule has 0 aromatic rings. The predicted molar refractivity (Wildman–Crippen MR) is 30.0 cm³/mol. The molecule has 0 saturated heterocycles. The summed E-state index contributed by atoms with van der Waals surface area (Å²) in [6, 6.07) is 0. The Balaban J connectivity index is 2.68. The number of carbonyl (C=O) groups is 1. The molecule has 0 radical (unpaired) electrons. The Morgan fingerprint density at radius 3 is 2.88 bits per heavy atom. The summed E-state index contributed by atoms with van der Waals surface area (Å²) in [7, 11) is -1.25. The van der Waals surface area contributed by atoms with Crippen LogP contribution in [-0.4, -0.2) is 10.1 Å². The maximum atomic E-state index is 10.4. The van der Waals surface area contributed by atoms with E-state index in [1.54, 1.807) is 6.08 Å². The molecular formula is C4H5NO2S. The first-order chi connectivity index (χ1) is 3.79. The fourth-order valence-corrected chi connectivity index (χ4v) is 1.08. The minimum Gasteiger partial charge on any atom is -0.274 e. The normalized spacial score (nSPS) is 27.5. The van der Waals surface area contributed by atoms with Crippen molar-refractivity contribution in [2.24, 2.45) is 0 Å². The zero-order valence-corrected chi connectivity index (χ0v) is 4.90. The van der Waals surface area contributed by atoms with E-state index < -0.39 is 11.0 Å². The van der Waals surface area contributed by atoms with Crippen LogP contribution in [0.4, 0.5) is 0 Å². The summed E-state index contributed by atoms with van der Waals surface area (Å²) in [5.74, 6) is -0.175. The fourth-order valence-electron chi connectivity index (χ4n) is 0.430. The highest BCUT2D eigenvalue weighted by molar-refractivity contribution is 7.86. The van der Waals surface area contributed by atoms with Crippen LogP contribution in [0.3, 0.4) is 0 Å². The number of nitrogens with one attached hydrogen (secondary N) is 1. The van der Waals surface area contributed by atoms with Gasteiger partial charge in [0.15, 0.2) is 0 Å². The molecule has 0 aromatic heterocycles. The molecule has 4 heteroatoms. The summed E-state index contributed by atoms with van der Waals surface area (Å²) >= 11 is 0. The highest BCUT2D eigenvalue weighted by atomic mass is 32.2. The van der Waals surface area contributed by atoms with Crippen molar-refractivity contribution in [3.05, 3.63) is 11.5 Å². The van der Waals surface area contributed by atoms with Gasteiger partial charge in [0, 0.05) is 11.8 Å². The first-order valence-electron chi connectivity index (χ1n) is 2.16. The molecule has 0 aromatic carbocycles. The summed E-state index contributed by atoms with van der Waals surface area (Å²) in [5, 5.41) is 1.46. The van der Waals surface area contributed by atoms with Gasteiger partial charge < -0.3 is 0 Å². The van der Waals surface area contributed by atoms with E-state index in [0.29, 0.717) is 6.42 Å². The smallest absolute Gasteiger partial charge is 0.235 e. The van der Waals surface area contributed by atoms with Crippen LogP contribution in [0.1, 0.15) is 6.42 Å². The predicted octanol–water partition coefficient (Wildman–Crippen LogP) is -0.316. The third kappa shape index (κ3) is 1.16. The molecule has 1 N–H and O–H groups in total. The highest BCUT2D eigenvalue weighted by Crippen LogP contribution is 1.93. The van der Waals surface area contributed by atoms with Crippen molar-refractivity contribution in [2.45, 2.75) is 6.42 Å². The molecule has 44 valence electrons. The van der Waals surface area contributed by atoms with Crippen LogP contribution in [0, 0.1) is 0 Å². The van der Waals surface area contributed by atoms with Crippen molar-refractivity contribution in [3.63, 3.8) is 0 Å². The lowest BCUT2D eigenvalue weighted by Crippen LogP contribution is -2.25. The van der Waals surface area contributed by atoms with Crippen molar-refractivity contribution in [1.82, 2.24) is 4.72 Å². The Morgan fingerprint density at radius 2 is 2.50 bits per heavy atom. The summed E-state index contributed by atoms with van der Waals surface area (Å²) in [4.78, 5) is 10.3. The van der Waals surface area contributed by atoms with Crippen LogP contribution in [0.15, 0.2) is 11.5 Å². The van der Waals surface area contributed by atoms with E-state index in [1.165, 1.54) is 5.41 Å². The largest absolute Gasteiger partial charge is 0.274 e. The zero-order valence-electron chi connectivity index (χ0n) is 4.09. The maximum absolute atomic E-state index is 10.4. The number of hydrogen-bond acceptors (Lipinski definition) is 2. The van der Waals surface area contributed by atoms with Crippen LogP contribution in [0.25, 0.3) is 0 Å². The van der Waals surface area contributed by atoms with Crippen molar-refractivity contribution in [1.29, 1.82) is 0 Å². The molecule has 8 heavy (non-hydrogen) atoms. The van der Waals surface area contributed by atoms with Crippen LogP contribution in [0.5, 0.6) is 0 Å². The molecular weight excluding hydrogens is 126 g/mol. The Kier molecular flexibility index (Phi) is 1.43. The third-order valence-corrected chi connectivity index (χ3v) is 1.61. The van der Waals surface area contributed by atoms with E-state index in [-0.39, 0.29) is 5.91 Å². The number of carbonyl (C=O) groups excluding carboxylic acids is 1. The van der Waals surface area contributed by atoms with Crippen LogP contribution in [-0.2, 0) is 15.8 Å². The number of rotatable bonds is 0. The number of hydrogen-bond donors (Lipinski definition) is 1. The first kappa shape index (κ1) is 5.50. The number of amides is 1. The van der Waals surface area contributed by atoms with Gasteiger partial charge in [-0.05, 0) is 0 Å². The Bertz CT molecular complexity index is 163. The zero-order chi connectivity index (χ0) is 5.98. The maximum Gasteiger partial charge on any atom is 0.235 e. The van der Waals surface area contributed by atoms with Gasteiger partial charge in [-0.1, -0.05) is 6.08 Å². The van der Waals surface area contributed by atoms with E-state index in [9.17, 15) is 9.00 Å². The second-order valence-electron chi connectivity index (χ2n) is 1.40. The second kappa shape index (κ2) is 2.09. The molecule has 1 aliphatic heterocycles. The van der Waals surface area contributed by atoms with Gasteiger partial charge in [0.05, 0.1) is 0 Å². The molecule has 1 unspecified atom stereocenters. The van der Waals surface area contributed by atoms with Gasteiger partial charge in [0.2, 0.25) is 5.91 Å². The van der Waals surface area contributed by atoms with Crippen molar-refractivity contribution >= 4 is 16.9 Å². The topological polar surface area (TPSA) is 46.2 Å². The summed E-state index contributed by atoms with van der Waals surface area (Å²) < 4.78 is 12.6. The molecule has 1 amide bonds. The first-order valence-corrected chi connectivity index (χ1v) is 3.37. The lowest BCUT2D eigenvalue weighted by Gasteiger charge is -2.01. The minimum atomic E-state index is -1.25. The Morgan fingerprint density at radius 1 is 1.75 bits per heavy atom. The molecule has 0 bridgehead atoms. The SMILES string of the molecule is O=C1CC=CS(=O)N1. The van der Waals surface area contributed by atoms with E-state index in [2.05, 4.69) is 4.72 Å². The highest BCUT2D eigenvalue weighted by Gasteiger charge is 2.05. The van der Waals surface area contributed by atoms with E-state index in [1.807, 2.05) is 0 Å². The summed E-state index contributed by atoms with van der Waals surface area (Å²) in [6.45, 7) is 0. The van der Waals surface area contributed by atoms with Crippen molar-refractivity contribution in [2.75, 3.05) is 0 Å². The fraction of sp³-hybridized carbons (Fsp3) is 0.250. The van der Waals surface area contributed by atoms with E-state index in [0.717, 1.165) is 0 Å². The Hall–Kier alpha value is -0.640. The lowest BCUT2D eigenvalue weighted by molar-refractivity contribution is -0.118. The Labute approximate surface area is 49.4 Å². The summed E-state index contributed by atoms with van der Waals surface area (Å²) in [5.41, 5.74) is 0. The van der Waals surface area contributed by atoms with Gasteiger partial charge in [0.25, 0.3) is 0 Å². The van der Waals surface area contributed by atoms with Gasteiger partial charge in [-0.3, -0.25) is 9.52 Å². The molecule has 0 aliphatic carbocycles. The van der Waals surface area contributed by atoms with Gasteiger partial charge in [-0.15, -0.1) is 0 Å². The van der Waals surface area contributed by atoms with Gasteiger partial charge in [0.1, 0.15) is 11.0 Å². The molecule has 1 heterocycles. The quantitative estimate of drug-likeness (QED) is 0.490. The lowest BCUT2D eigenvalue weighted by atomic mass is 10.4. The van der Waals surface area contributed by atoms with Crippen molar-refractivity contribution in [3.8, 4) is 0 Å². The van der Waals surface area contributed by atoms with Crippen molar-refractivity contribution < 1.29 is 9.00 Å².